The van der Waals surface area contributed by atoms with Crippen LogP contribution in [0.2, 0.25) is 5.02 Å². The van der Waals surface area contributed by atoms with Crippen LogP contribution in [0.15, 0.2) is 12.1 Å². The zero-order valence-electron chi connectivity index (χ0n) is 10.7. The van der Waals surface area contributed by atoms with Crippen molar-refractivity contribution in [2.24, 2.45) is 11.7 Å². The summed E-state index contributed by atoms with van der Waals surface area (Å²) in [5, 5.41) is 0.656. The first-order valence-electron chi connectivity index (χ1n) is 6.68. The van der Waals surface area contributed by atoms with Gasteiger partial charge in [0.25, 0.3) is 0 Å². The molecule has 2 aliphatic heterocycles. The molecular weight excluding hydrogens is 266 g/mol. The highest BCUT2D eigenvalue weighted by atomic mass is 35.5. The molecule has 3 rings (SSSR count). The molecule has 1 aromatic rings. The Morgan fingerprint density at radius 1 is 1.05 bits per heavy atom. The summed E-state index contributed by atoms with van der Waals surface area (Å²) in [6.45, 7) is 2.69. The van der Waals surface area contributed by atoms with E-state index in [0.717, 1.165) is 37.4 Å². The minimum atomic E-state index is -0.0766. The SMILES string of the molecule is NC(c1cc2c(cc1Cl)OCCO2)C1CCOCC1. The van der Waals surface area contributed by atoms with Gasteiger partial charge in [0.05, 0.1) is 0 Å². The quantitative estimate of drug-likeness (QED) is 0.906. The highest BCUT2D eigenvalue weighted by Gasteiger charge is 2.26. The summed E-state index contributed by atoms with van der Waals surface area (Å²) in [4.78, 5) is 0. The number of ether oxygens (including phenoxy) is 3. The highest BCUT2D eigenvalue weighted by Crippen LogP contribution is 2.40. The van der Waals surface area contributed by atoms with Gasteiger partial charge in [-0.05, 0) is 30.4 Å². The Balaban J connectivity index is 1.86. The van der Waals surface area contributed by atoms with E-state index in [4.69, 9.17) is 31.5 Å². The molecule has 0 saturated carbocycles. The summed E-state index contributed by atoms with van der Waals surface area (Å²) in [5.41, 5.74) is 7.31. The molecule has 5 heteroatoms. The zero-order chi connectivity index (χ0) is 13.2. The van der Waals surface area contributed by atoms with Crippen molar-refractivity contribution in [3.8, 4) is 11.5 Å². The van der Waals surface area contributed by atoms with Gasteiger partial charge in [-0.15, -0.1) is 0 Å². The normalized spacial score (nSPS) is 21.2. The van der Waals surface area contributed by atoms with Crippen LogP contribution in [-0.2, 0) is 4.74 Å². The minimum absolute atomic E-state index is 0.0766. The lowest BCUT2D eigenvalue weighted by molar-refractivity contribution is 0.0583. The van der Waals surface area contributed by atoms with Gasteiger partial charge >= 0.3 is 0 Å². The molecule has 0 aliphatic carbocycles. The predicted molar refractivity (Wildman–Crippen MR) is 72.9 cm³/mol. The number of hydrogen-bond donors (Lipinski definition) is 1. The number of fused-ring (bicyclic) bond motifs is 1. The molecule has 0 radical (unpaired) electrons. The lowest BCUT2D eigenvalue weighted by atomic mass is 9.87. The first-order chi connectivity index (χ1) is 9.25. The van der Waals surface area contributed by atoms with Crippen molar-refractivity contribution in [2.45, 2.75) is 18.9 Å². The van der Waals surface area contributed by atoms with E-state index >= 15 is 0 Å². The Bertz CT molecular complexity index is 460. The zero-order valence-corrected chi connectivity index (χ0v) is 11.5. The molecule has 2 N–H and O–H groups in total. The van der Waals surface area contributed by atoms with Crippen LogP contribution >= 0.6 is 11.6 Å². The fourth-order valence-corrected chi connectivity index (χ4v) is 2.94. The Labute approximate surface area is 117 Å². The molecule has 4 nitrogen and oxygen atoms in total. The Kier molecular flexibility index (Phi) is 3.82. The molecule has 1 aromatic carbocycles. The van der Waals surface area contributed by atoms with Crippen molar-refractivity contribution in [3.05, 3.63) is 22.7 Å². The van der Waals surface area contributed by atoms with Crippen molar-refractivity contribution < 1.29 is 14.2 Å². The lowest BCUT2D eigenvalue weighted by Gasteiger charge is -2.29. The summed E-state index contributed by atoms with van der Waals surface area (Å²) >= 11 is 6.33. The molecule has 104 valence electrons. The number of halogens is 1. The van der Waals surface area contributed by atoms with Crippen molar-refractivity contribution in [3.63, 3.8) is 0 Å². The molecule has 1 fully saturated rings. The molecule has 0 bridgehead atoms. The van der Waals surface area contributed by atoms with Crippen LogP contribution in [0.1, 0.15) is 24.4 Å². The van der Waals surface area contributed by atoms with Gasteiger partial charge < -0.3 is 19.9 Å². The third kappa shape index (κ3) is 2.66. The summed E-state index contributed by atoms with van der Waals surface area (Å²) in [5.74, 6) is 1.86. The molecule has 1 unspecified atom stereocenters. The van der Waals surface area contributed by atoms with Gasteiger partial charge in [0.15, 0.2) is 11.5 Å². The van der Waals surface area contributed by atoms with Crippen LogP contribution in [0.5, 0.6) is 11.5 Å². The van der Waals surface area contributed by atoms with E-state index in [9.17, 15) is 0 Å². The van der Waals surface area contributed by atoms with E-state index in [1.165, 1.54) is 0 Å². The maximum atomic E-state index is 6.37. The van der Waals surface area contributed by atoms with Gasteiger partial charge in [-0.25, -0.2) is 0 Å². The van der Waals surface area contributed by atoms with Crippen molar-refractivity contribution in [1.29, 1.82) is 0 Å². The maximum Gasteiger partial charge on any atom is 0.162 e. The van der Waals surface area contributed by atoms with Gasteiger partial charge in [-0.3, -0.25) is 0 Å². The predicted octanol–water partition coefficient (Wildman–Crippen LogP) is 2.54. The fourth-order valence-electron chi connectivity index (χ4n) is 2.66. The monoisotopic (exact) mass is 283 g/mol. The van der Waals surface area contributed by atoms with E-state index in [1.807, 2.05) is 12.1 Å². The van der Waals surface area contributed by atoms with E-state index in [2.05, 4.69) is 0 Å². The van der Waals surface area contributed by atoms with E-state index < -0.39 is 0 Å². The number of hydrogen-bond acceptors (Lipinski definition) is 4. The number of benzene rings is 1. The number of nitrogens with two attached hydrogens (primary N) is 1. The molecule has 2 heterocycles. The van der Waals surface area contributed by atoms with Gasteiger partial charge in [-0.1, -0.05) is 11.6 Å². The van der Waals surface area contributed by atoms with Crippen LogP contribution in [0.4, 0.5) is 0 Å². The van der Waals surface area contributed by atoms with Crippen molar-refractivity contribution in [1.82, 2.24) is 0 Å². The highest BCUT2D eigenvalue weighted by molar-refractivity contribution is 6.31. The van der Waals surface area contributed by atoms with Crippen LogP contribution in [0.25, 0.3) is 0 Å². The average Bonchev–Trinajstić information content (AvgIpc) is 2.47. The lowest BCUT2D eigenvalue weighted by Crippen LogP contribution is -2.28. The summed E-state index contributed by atoms with van der Waals surface area (Å²) in [7, 11) is 0. The molecule has 19 heavy (non-hydrogen) atoms. The molecule has 1 atom stereocenters. The molecule has 0 spiro atoms. The maximum absolute atomic E-state index is 6.37. The van der Waals surface area contributed by atoms with E-state index in [0.29, 0.717) is 29.9 Å². The second-order valence-electron chi connectivity index (χ2n) is 4.99. The van der Waals surface area contributed by atoms with E-state index in [-0.39, 0.29) is 6.04 Å². The Hall–Kier alpha value is -0.970. The second kappa shape index (κ2) is 5.57. The summed E-state index contributed by atoms with van der Waals surface area (Å²) in [6, 6.07) is 3.66. The van der Waals surface area contributed by atoms with Gasteiger partial charge in [-0.2, -0.15) is 0 Å². The molecule has 0 amide bonds. The van der Waals surface area contributed by atoms with E-state index in [1.54, 1.807) is 0 Å². The van der Waals surface area contributed by atoms with Crippen LogP contribution in [0, 0.1) is 5.92 Å². The Morgan fingerprint density at radius 2 is 1.68 bits per heavy atom. The Morgan fingerprint density at radius 3 is 2.37 bits per heavy atom. The largest absolute Gasteiger partial charge is 0.486 e. The fraction of sp³-hybridized carbons (Fsp3) is 0.571. The topological polar surface area (TPSA) is 53.7 Å². The van der Waals surface area contributed by atoms with Gasteiger partial charge in [0.2, 0.25) is 0 Å². The van der Waals surface area contributed by atoms with Gasteiger partial charge in [0, 0.05) is 30.3 Å². The first-order valence-corrected chi connectivity index (χ1v) is 7.06. The second-order valence-corrected chi connectivity index (χ2v) is 5.40. The summed E-state index contributed by atoms with van der Waals surface area (Å²) < 4.78 is 16.5. The van der Waals surface area contributed by atoms with Crippen LogP contribution < -0.4 is 15.2 Å². The molecule has 1 saturated heterocycles. The molecule has 2 aliphatic rings. The molecular formula is C14H18ClNO3. The van der Waals surface area contributed by atoms with Gasteiger partial charge in [0.1, 0.15) is 13.2 Å². The van der Waals surface area contributed by atoms with Crippen molar-refractivity contribution in [2.75, 3.05) is 26.4 Å². The smallest absolute Gasteiger partial charge is 0.162 e. The van der Waals surface area contributed by atoms with Crippen molar-refractivity contribution >= 4 is 11.6 Å². The standard InChI is InChI=1S/C14H18ClNO3/c15-11-8-13-12(18-5-6-19-13)7-10(11)14(16)9-1-3-17-4-2-9/h7-9,14H,1-6,16H2. The first kappa shape index (κ1) is 13.0. The minimum Gasteiger partial charge on any atom is -0.486 e. The van der Waals surface area contributed by atoms with Crippen LogP contribution in [0.3, 0.4) is 0 Å². The third-order valence-corrected chi connectivity index (χ3v) is 4.12. The summed E-state index contributed by atoms with van der Waals surface area (Å²) in [6.07, 6.45) is 1.96. The molecule has 0 aromatic heterocycles. The average molecular weight is 284 g/mol. The van der Waals surface area contributed by atoms with Crippen LogP contribution in [-0.4, -0.2) is 26.4 Å². The third-order valence-electron chi connectivity index (χ3n) is 3.79. The number of rotatable bonds is 2.